The summed E-state index contributed by atoms with van der Waals surface area (Å²) in [5.41, 5.74) is 5.13. The van der Waals surface area contributed by atoms with Crippen LogP contribution in [-0.2, 0) is 15.7 Å². The fraction of sp³-hybridized carbons (Fsp3) is 0.500. The quantitative estimate of drug-likeness (QED) is 0.790. The van der Waals surface area contributed by atoms with Crippen LogP contribution in [0.2, 0.25) is 0 Å². The lowest BCUT2D eigenvalue weighted by molar-refractivity contribution is -0.137. The molecule has 1 unspecified atom stereocenters. The van der Waals surface area contributed by atoms with Gasteiger partial charge in [-0.25, -0.2) is 0 Å². The van der Waals surface area contributed by atoms with Crippen molar-refractivity contribution >= 4 is 39.9 Å². The number of hydrogen-bond donors (Lipinski definition) is 2. The van der Waals surface area contributed by atoms with E-state index in [1.54, 1.807) is 0 Å². The van der Waals surface area contributed by atoms with Gasteiger partial charge in [0.1, 0.15) is 0 Å². The van der Waals surface area contributed by atoms with Gasteiger partial charge in [-0.2, -0.15) is 13.2 Å². The number of benzene rings is 1. The molecule has 1 aliphatic heterocycles. The first-order valence-corrected chi connectivity index (χ1v) is 7.58. The second kappa shape index (κ2) is 8.32. The van der Waals surface area contributed by atoms with E-state index >= 15 is 0 Å². The Morgan fingerprint density at radius 1 is 1.30 bits per heavy atom. The fourth-order valence-electron chi connectivity index (χ4n) is 2.34. The minimum Gasteiger partial charge on any atom is -0.381 e. The van der Waals surface area contributed by atoms with Crippen molar-refractivity contribution < 1.29 is 22.7 Å². The van der Waals surface area contributed by atoms with Crippen molar-refractivity contribution in [3.05, 3.63) is 28.2 Å². The monoisotopic (exact) mass is 416 g/mol. The molecule has 1 aromatic rings. The van der Waals surface area contributed by atoms with E-state index in [0.717, 1.165) is 12.1 Å². The molecule has 1 aliphatic rings. The molecular weight excluding hydrogens is 401 g/mol. The molecule has 0 radical (unpaired) electrons. The van der Waals surface area contributed by atoms with Gasteiger partial charge in [-0.1, -0.05) is 15.9 Å². The molecule has 0 bridgehead atoms. The summed E-state index contributed by atoms with van der Waals surface area (Å²) in [6.07, 6.45) is -3.15. The van der Waals surface area contributed by atoms with Crippen LogP contribution in [0.3, 0.4) is 0 Å². The lowest BCUT2D eigenvalue weighted by Gasteiger charge is -2.26. The maximum Gasteiger partial charge on any atom is 0.416 e. The zero-order valence-corrected chi connectivity index (χ0v) is 14.4. The number of carbonyl (C=O) groups excluding carboxylic acids is 1. The molecule has 1 saturated heterocycles. The van der Waals surface area contributed by atoms with E-state index in [0.29, 0.717) is 26.1 Å². The van der Waals surface area contributed by atoms with E-state index in [4.69, 9.17) is 10.5 Å². The van der Waals surface area contributed by atoms with Gasteiger partial charge >= 0.3 is 6.18 Å². The van der Waals surface area contributed by atoms with Crippen LogP contribution >= 0.6 is 28.3 Å². The number of anilines is 1. The molecule has 1 heterocycles. The SMILES string of the molecule is Cl.NC(C(=O)Nc1cc(Br)cc(C(F)(F)F)c1)C1CCOCC1. The van der Waals surface area contributed by atoms with E-state index in [1.807, 2.05) is 0 Å². The molecule has 23 heavy (non-hydrogen) atoms. The van der Waals surface area contributed by atoms with E-state index < -0.39 is 23.7 Å². The van der Waals surface area contributed by atoms with E-state index in [-0.39, 0.29) is 28.5 Å². The summed E-state index contributed by atoms with van der Waals surface area (Å²) in [4.78, 5) is 12.1. The van der Waals surface area contributed by atoms with Gasteiger partial charge in [-0.05, 0) is 37.0 Å². The van der Waals surface area contributed by atoms with Gasteiger partial charge in [0, 0.05) is 23.4 Å². The van der Waals surface area contributed by atoms with E-state index in [9.17, 15) is 18.0 Å². The minimum atomic E-state index is -4.48. The molecule has 9 heteroatoms. The number of nitrogens with two attached hydrogens (primary N) is 1. The second-order valence-corrected chi connectivity index (χ2v) is 6.11. The van der Waals surface area contributed by atoms with Gasteiger partial charge in [0.15, 0.2) is 0 Å². The third-order valence-electron chi connectivity index (χ3n) is 3.57. The van der Waals surface area contributed by atoms with Crippen molar-refractivity contribution in [2.45, 2.75) is 25.1 Å². The van der Waals surface area contributed by atoms with Crippen molar-refractivity contribution in [1.82, 2.24) is 0 Å². The molecule has 0 aliphatic carbocycles. The third kappa shape index (κ3) is 5.63. The molecule has 1 amide bonds. The first-order chi connectivity index (χ1) is 10.3. The average Bonchev–Trinajstić information content (AvgIpc) is 2.45. The molecule has 1 aromatic carbocycles. The topological polar surface area (TPSA) is 64.4 Å². The number of nitrogens with one attached hydrogen (secondary N) is 1. The number of ether oxygens (including phenoxy) is 1. The number of rotatable bonds is 3. The predicted octanol–water partition coefficient (Wildman–Crippen LogP) is 3.58. The number of alkyl halides is 3. The largest absolute Gasteiger partial charge is 0.416 e. The molecule has 0 saturated carbocycles. The first kappa shape index (κ1) is 20.2. The van der Waals surface area contributed by atoms with Crippen LogP contribution in [0.15, 0.2) is 22.7 Å². The molecule has 1 fully saturated rings. The molecule has 130 valence electrons. The van der Waals surface area contributed by atoms with Crippen molar-refractivity contribution in [2.75, 3.05) is 18.5 Å². The predicted molar refractivity (Wildman–Crippen MR) is 86.5 cm³/mol. The van der Waals surface area contributed by atoms with Crippen LogP contribution in [0.5, 0.6) is 0 Å². The van der Waals surface area contributed by atoms with Crippen molar-refractivity contribution in [1.29, 1.82) is 0 Å². The Hall–Kier alpha value is -0.830. The Morgan fingerprint density at radius 2 is 1.91 bits per heavy atom. The lowest BCUT2D eigenvalue weighted by Crippen LogP contribution is -2.44. The van der Waals surface area contributed by atoms with Gasteiger partial charge in [0.2, 0.25) is 5.91 Å². The highest BCUT2D eigenvalue weighted by molar-refractivity contribution is 9.10. The summed E-state index contributed by atoms with van der Waals surface area (Å²) in [6.45, 7) is 1.08. The molecular formula is C14H17BrClF3N2O2. The Bertz CT molecular complexity index is 551. The summed E-state index contributed by atoms with van der Waals surface area (Å²) in [5, 5.41) is 2.46. The summed E-state index contributed by atoms with van der Waals surface area (Å²) in [6, 6.07) is 2.48. The van der Waals surface area contributed by atoms with Gasteiger partial charge in [0.05, 0.1) is 11.6 Å². The summed E-state index contributed by atoms with van der Waals surface area (Å²) in [5.74, 6) is -0.513. The zero-order valence-electron chi connectivity index (χ0n) is 12.0. The lowest BCUT2D eigenvalue weighted by atomic mass is 9.92. The van der Waals surface area contributed by atoms with Crippen LogP contribution in [0.1, 0.15) is 18.4 Å². The fourth-order valence-corrected chi connectivity index (χ4v) is 2.83. The summed E-state index contributed by atoms with van der Waals surface area (Å²) < 4.78 is 43.7. The summed E-state index contributed by atoms with van der Waals surface area (Å²) >= 11 is 3.01. The third-order valence-corrected chi connectivity index (χ3v) is 4.03. The number of carbonyl (C=O) groups is 1. The average molecular weight is 418 g/mol. The highest BCUT2D eigenvalue weighted by atomic mass is 79.9. The van der Waals surface area contributed by atoms with Crippen LogP contribution in [-0.4, -0.2) is 25.2 Å². The molecule has 4 nitrogen and oxygen atoms in total. The normalized spacial score (nSPS) is 17.3. The van der Waals surface area contributed by atoms with Gasteiger partial charge < -0.3 is 15.8 Å². The van der Waals surface area contributed by atoms with Crippen molar-refractivity contribution in [3.8, 4) is 0 Å². The number of amides is 1. The van der Waals surface area contributed by atoms with Crippen molar-refractivity contribution in [3.63, 3.8) is 0 Å². The zero-order chi connectivity index (χ0) is 16.3. The molecule has 0 spiro atoms. The molecule has 0 aromatic heterocycles. The first-order valence-electron chi connectivity index (χ1n) is 6.79. The molecule has 2 rings (SSSR count). The highest BCUT2D eigenvalue weighted by Crippen LogP contribution is 2.33. The van der Waals surface area contributed by atoms with Crippen LogP contribution in [0.25, 0.3) is 0 Å². The van der Waals surface area contributed by atoms with Gasteiger partial charge in [-0.15, -0.1) is 12.4 Å². The minimum absolute atomic E-state index is 0. The molecule has 1 atom stereocenters. The highest BCUT2D eigenvalue weighted by Gasteiger charge is 2.32. The van der Waals surface area contributed by atoms with Crippen LogP contribution < -0.4 is 11.1 Å². The number of hydrogen-bond acceptors (Lipinski definition) is 3. The Morgan fingerprint density at radius 3 is 2.48 bits per heavy atom. The maximum absolute atomic E-state index is 12.8. The van der Waals surface area contributed by atoms with Gasteiger partial charge in [-0.3, -0.25) is 4.79 Å². The maximum atomic E-state index is 12.8. The van der Waals surface area contributed by atoms with Gasteiger partial charge in [0.25, 0.3) is 0 Å². The molecule has 3 N–H and O–H groups in total. The van der Waals surface area contributed by atoms with Crippen LogP contribution in [0.4, 0.5) is 18.9 Å². The van der Waals surface area contributed by atoms with Crippen LogP contribution in [0, 0.1) is 5.92 Å². The number of halogens is 5. The standard InChI is InChI=1S/C14H16BrF3N2O2.ClH/c15-10-5-9(14(16,17)18)6-11(7-10)20-13(21)12(19)8-1-3-22-4-2-8;/h5-8,12H,1-4,19H2,(H,20,21);1H. The Kier molecular flexibility index (Phi) is 7.31. The van der Waals surface area contributed by atoms with E-state index in [1.165, 1.54) is 6.07 Å². The van der Waals surface area contributed by atoms with Crippen molar-refractivity contribution in [2.24, 2.45) is 11.7 Å². The smallest absolute Gasteiger partial charge is 0.381 e. The van der Waals surface area contributed by atoms with E-state index in [2.05, 4.69) is 21.2 Å². The second-order valence-electron chi connectivity index (χ2n) is 5.19. The Balaban J connectivity index is 0.00000264. The summed E-state index contributed by atoms with van der Waals surface area (Å²) in [7, 11) is 0. The Labute approximate surface area is 146 Å².